The van der Waals surface area contributed by atoms with E-state index in [0.29, 0.717) is 47.5 Å². The van der Waals surface area contributed by atoms with Crippen molar-refractivity contribution in [2.75, 3.05) is 19.6 Å². The van der Waals surface area contributed by atoms with Gasteiger partial charge in [-0.2, -0.15) is 13.2 Å². The Morgan fingerprint density at radius 3 is 2.18 bits per heavy atom. The number of ketones is 2. The number of hydrogen-bond donors (Lipinski definition) is 3. The summed E-state index contributed by atoms with van der Waals surface area (Å²) in [4.78, 5) is 49.4. The van der Waals surface area contributed by atoms with Gasteiger partial charge < -0.3 is 21.1 Å². The quantitative estimate of drug-likeness (QED) is 0.514. The molecule has 2 aromatic carbocycles. The number of carbonyl (C=O) groups is 4. The number of nitrogens with two attached hydrogens (primary N) is 1. The molecule has 0 spiro atoms. The summed E-state index contributed by atoms with van der Waals surface area (Å²) in [5.74, 6) is -3.24. The fraction of sp³-hybridized carbons (Fsp3) is 0.304. The number of carboxylic acid groups (broad SMARTS) is 1. The molecule has 0 saturated carbocycles. The fourth-order valence-electron chi connectivity index (χ4n) is 3.96. The van der Waals surface area contributed by atoms with E-state index < -0.39 is 18.2 Å². The third kappa shape index (κ3) is 4.85. The minimum atomic E-state index is -5.08. The van der Waals surface area contributed by atoms with E-state index in [9.17, 15) is 27.6 Å². The van der Waals surface area contributed by atoms with Crippen LogP contribution < -0.4 is 11.1 Å². The number of aliphatic carboxylic acids is 1. The molecule has 2 aliphatic rings. The third-order valence-corrected chi connectivity index (χ3v) is 5.50. The van der Waals surface area contributed by atoms with Crippen LogP contribution in [0.2, 0.25) is 0 Å². The van der Waals surface area contributed by atoms with E-state index in [1.165, 1.54) is 0 Å². The summed E-state index contributed by atoms with van der Waals surface area (Å²) in [5.41, 5.74) is 8.16. The van der Waals surface area contributed by atoms with Crippen LogP contribution in [-0.2, 0) is 9.59 Å². The maximum Gasteiger partial charge on any atom is 0.490 e. The van der Waals surface area contributed by atoms with Crippen molar-refractivity contribution in [2.24, 2.45) is 5.73 Å². The molecule has 1 fully saturated rings. The summed E-state index contributed by atoms with van der Waals surface area (Å²) in [6.45, 7) is 3.35. The lowest BCUT2D eigenvalue weighted by Crippen LogP contribution is -2.53. The molecule has 1 heterocycles. The number of rotatable bonds is 2. The molecule has 0 radical (unpaired) electrons. The standard InChI is InChI=1S/C21H21N3O3.C2HF3O2/c1-12(22)21(27)24-10-9-23-11-17(24)15-7-4-8-16-18(15)20(26)14-6-3-2-5-13(14)19(16)25;3-2(4,5)1(6)7/h2-8,12,17,23H,9-11,22H2,1H3;(H,6,7)/t12-,17?;/m0./s1. The normalized spacial score (nSPS) is 18.3. The predicted octanol–water partition coefficient (Wildman–Crippen LogP) is 1.92. The van der Waals surface area contributed by atoms with E-state index in [4.69, 9.17) is 15.6 Å². The van der Waals surface area contributed by atoms with E-state index in [-0.39, 0.29) is 23.5 Å². The zero-order chi connectivity index (χ0) is 25.2. The van der Waals surface area contributed by atoms with Gasteiger partial charge in [-0.15, -0.1) is 0 Å². The Kier molecular flexibility index (Phi) is 7.18. The number of carbonyl (C=O) groups excluding carboxylic acids is 3. The summed E-state index contributed by atoms with van der Waals surface area (Å²) < 4.78 is 31.7. The average molecular weight is 477 g/mol. The lowest BCUT2D eigenvalue weighted by atomic mass is 9.80. The number of carboxylic acids is 1. The highest BCUT2D eigenvalue weighted by Crippen LogP contribution is 2.34. The Labute approximate surface area is 192 Å². The number of amides is 1. The second-order valence-electron chi connectivity index (χ2n) is 7.82. The van der Waals surface area contributed by atoms with Gasteiger partial charge in [0.2, 0.25) is 5.91 Å². The smallest absolute Gasteiger partial charge is 0.475 e. The van der Waals surface area contributed by atoms with Crippen LogP contribution in [0.1, 0.15) is 50.4 Å². The molecule has 8 nitrogen and oxygen atoms in total. The monoisotopic (exact) mass is 477 g/mol. The van der Waals surface area contributed by atoms with Crippen molar-refractivity contribution >= 4 is 23.4 Å². The Morgan fingerprint density at radius 1 is 1.06 bits per heavy atom. The van der Waals surface area contributed by atoms with Crippen LogP contribution in [-0.4, -0.2) is 65.3 Å². The van der Waals surface area contributed by atoms with Crippen molar-refractivity contribution in [3.8, 4) is 0 Å². The van der Waals surface area contributed by atoms with Crippen molar-refractivity contribution in [2.45, 2.75) is 25.2 Å². The van der Waals surface area contributed by atoms with Crippen molar-refractivity contribution in [3.05, 3.63) is 70.3 Å². The first-order chi connectivity index (χ1) is 15.9. The number of alkyl halides is 3. The Morgan fingerprint density at radius 2 is 1.62 bits per heavy atom. The number of piperazine rings is 1. The molecular formula is C23H22F3N3O5. The lowest BCUT2D eigenvalue weighted by molar-refractivity contribution is -0.192. The molecule has 1 saturated heterocycles. The highest BCUT2D eigenvalue weighted by Gasteiger charge is 2.38. The topological polar surface area (TPSA) is 130 Å². The molecule has 180 valence electrons. The molecule has 1 aliphatic heterocycles. The Balaban J connectivity index is 0.000000406. The van der Waals surface area contributed by atoms with Gasteiger partial charge in [0.25, 0.3) is 0 Å². The second-order valence-corrected chi connectivity index (χ2v) is 7.82. The zero-order valence-electron chi connectivity index (χ0n) is 18.1. The summed E-state index contributed by atoms with van der Waals surface area (Å²) in [6, 6.07) is 11.2. The molecule has 4 N–H and O–H groups in total. The molecule has 2 aromatic rings. The van der Waals surface area contributed by atoms with Crippen LogP contribution in [0, 0.1) is 0 Å². The number of halogens is 3. The van der Waals surface area contributed by atoms with Crippen LogP contribution >= 0.6 is 0 Å². The molecular weight excluding hydrogens is 455 g/mol. The van der Waals surface area contributed by atoms with Gasteiger partial charge in [-0.05, 0) is 12.5 Å². The molecule has 0 aromatic heterocycles. The maximum absolute atomic E-state index is 13.2. The van der Waals surface area contributed by atoms with Crippen molar-refractivity contribution in [1.82, 2.24) is 10.2 Å². The zero-order valence-corrected chi connectivity index (χ0v) is 18.1. The summed E-state index contributed by atoms with van der Waals surface area (Å²) >= 11 is 0. The summed E-state index contributed by atoms with van der Waals surface area (Å²) in [6.07, 6.45) is -5.08. The van der Waals surface area contributed by atoms with Gasteiger partial charge in [0, 0.05) is 41.9 Å². The maximum atomic E-state index is 13.2. The van der Waals surface area contributed by atoms with Crippen molar-refractivity contribution in [3.63, 3.8) is 0 Å². The first-order valence-corrected chi connectivity index (χ1v) is 10.3. The van der Waals surface area contributed by atoms with Crippen LogP contribution in [0.15, 0.2) is 42.5 Å². The fourth-order valence-corrected chi connectivity index (χ4v) is 3.96. The minimum absolute atomic E-state index is 0.157. The van der Waals surface area contributed by atoms with Crippen molar-refractivity contribution in [1.29, 1.82) is 0 Å². The van der Waals surface area contributed by atoms with Gasteiger partial charge in [-0.1, -0.05) is 42.5 Å². The molecule has 1 amide bonds. The highest BCUT2D eigenvalue weighted by molar-refractivity contribution is 6.28. The van der Waals surface area contributed by atoms with Crippen molar-refractivity contribution < 1.29 is 37.5 Å². The van der Waals surface area contributed by atoms with Gasteiger partial charge in [0.05, 0.1) is 12.1 Å². The van der Waals surface area contributed by atoms with E-state index in [2.05, 4.69) is 5.32 Å². The van der Waals surface area contributed by atoms with E-state index in [0.717, 1.165) is 0 Å². The number of nitrogens with one attached hydrogen (secondary N) is 1. The number of fused-ring (bicyclic) bond motifs is 2. The second kappa shape index (κ2) is 9.74. The number of hydrogen-bond acceptors (Lipinski definition) is 6. The lowest BCUT2D eigenvalue weighted by Gasteiger charge is -2.38. The van der Waals surface area contributed by atoms with Gasteiger partial charge in [0.1, 0.15) is 0 Å². The molecule has 11 heteroatoms. The SMILES string of the molecule is C[C@H](N)C(=O)N1CCNCC1c1cccc2c1C(=O)c1ccccc1C2=O.O=C(O)C(F)(F)F. The molecule has 1 unspecified atom stereocenters. The van der Waals surface area contributed by atoms with Gasteiger partial charge in [0.15, 0.2) is 11.6 Å². The molecule has 0 bridgehead atoms. The van der Waals surface area contributed by atoms with E-state index >= 15 is 0 Å². The Hall–Kier alpha value is -3.57. The number of benzene rings is 2. The molecule has 2 atom stereocenters. The van der Waals surface area contributed by atoms with Crippen LogP contribution in [0.4, 0.5) is 13.2 Å². The van der Waals surface area contributed by atoms with Crippen LogP contribution in [0.3, 0.4) is 0 Å². The van der Waals surface area contributed by atoms with E-state index in [1.54, 1.807) is 48.2 Å². The molecule has 1 aliphatic carbocycles. The predicted molar refractivity (Wildman–Crippen MR) is 114 cm³/mol. The van der Waals surface area contributed by atoms with Gasteiger partial charge in [-0.3, -0.25) is 14.4 Å². The Bertz CT molecular complexity index is 1150. The molecule has 4 rings (SSSR count). The minimum Gasteiger partial charge on any atom is -0.475 e. The first-order valence-electron chi connectivity index (χ1n) is 10.3. The van der Waals surface area contributed by atoms with Crippen LogP contribution in [0.5, 0.6) is 0 Å². The van der Waals surface area contributed by atoms with E-state index in [1.807, 2.05) is 6.07 Å². The van der Waals surface area contributed by atoms with Gasteiger partial charge >= 0.3 is 12.1 Å². The average Bonchev–Trinajstić information content (AvgIpc) is 2.81. The summed E-state index contributed by atoms with van der Waals surface area (Å²) in [5, 5.41) is 10.4. The largest absolute Gasteiger partial charge is 0.490 e. The van der Waals surface area contributed by atoms with Crippen LogP contribution in [0.25, 0.3) is 0 Å². The molecule has 34 heavy (non-hydrogen) atoms. The third-order valence-electron chi connectivity index (χ3n) is 5.50. The van der Waals surface area contributed by atoms with Gasteiger partial charge in [-0.25, -0.2) is 4.79 Å². The number of nitrogens with zero attached hydrogens (tertiary/aromatic N) is 1. The first kappa shape index (κ1) is 25.1. The highest BCUT2D eigenvalue weighted by atomic mass is 19.4. The summed E-state index contributed by atoms with van der Waals surface area (Å²) in [7, 11) is 0.